The number of nitrogens with zero attached hydrogens (tertiary/aromatic N) is 1. The van der Waals surface area contributed by atoms with E-state index in [0.29, 0.717) is 31.5 Å². The largest absolute Gasteiger partial charge is 0.416 e. The molecule has 1 aromatic rings. The molecule has 0 aliphatic carbocycles. The minimum Gasteiger partial charge on any atom is -0.314 e. The second-order valence-electron chi connectivity index (χ2n) is 6.63. The molecule has 152 valence electrons. The Morgan fingerprint density at radius 3 is 2.19 bits per heavy atom. The van der Waals surface area contributed by atoms with E-state index in [1.165, 1.54) is 0 Å². The topological polar surface area (TPSA) is 15.3 Å². The highest BCUT2D eigenvalue weighted by Gasteiger charge is 2.34. The van der Waals surface area contributed by atoms with Crippen molar-refractivity contribution in [3.05, 3.63) is 34.1 Å². The zero-order valence-corrected chi connectivity index (χ0v) is 17.1. The van der Waals surface area contributed by atoms with Crippen LogP contribution in [-0.4, -0.2) is 31.1 Å². The van der Waals surface area contributed by atoms with Gasteiger partial charge in [-0.1, -0.05) is 25.4 Å². The average molecular weight is 440 g/mol. The number of hydrogen-bond acceptors (Lipinski definition) is 2. The first-order valence-corrected chi connectivity index (χ1v) is 8.59. The molecule has 1 aliphatic rings. The molecule has 1 aromatic carbocycles. The monoisotopic (exact) mass is 438 g/mol. The zero-order chi connectivity index (χ0) is 17.9. The predicted molar refractivity (Wildman–Crippen MR) is 102 cm³/mol. The molecule has 0 radical (unpaired) electrons. The molecular weight excluding hydrogens is 415 g/mol. The van der Waals surface area contributed by atoms with Gasteiger partial charge in [-0.05, 0) is 30.9 Å². The number of halogens is 7. The normalized spacial score (nSPS) is 16.8. The summed E-state index contributed by atoms with van der Waals surface area (Å²) >= 11 is 5.76. The minimum absolute atomic E-state index is 0. The summed E-state index contributed by atoms with van der Waals surface area (Å²) in [6.07, 6.45) is -3.13. The van der Waals surface area contributed by atoms with Crippen molar-refractivity contribution in [2.24, 2.45) is 5.92 Å². The maximum atomic E-state index is 14.6. The van der Waals surface area contributed by atoms with E-state index < -0.39 is 28.6 Å². The second kappa shape index (κ2) is 10.9. The van der Waals surface area contributed by atoms with Crippen LogP contribution in [0.3, 0.4) is 0 Å². The van der Waals surface area contributed by atoms with Gasteiger partial charge in [-0.15, -0.1) is 24.8 Å². The summed E-state index contributed by atoms with van der Waals surface area (Å²) in [5, 5.41) is 2.74. The van der Waals surface area contributed by atoms with E-state index in [4.69, 9.17) is 11.6 Å². The number of alkyl halides is 3. The highest BCUT2D eigenvalue weighted by atomic mass is 35.5. The van der Waals surface area contributed by atoms with E-state index in [9.17, 15) is 17.6 Å². The Kier molecular flexibility index (Phi) is 10.8. The molecule has 0 spiro atoms. The van der Waals surface area contributed by atoms with Gasteiger partial charge in [0.05, 0.1) is 10.6 Å². The molecule has 1 N–H and O–H groups in total. The lowest BCUT2D eigenvalue weighted by Crippen LogP contribution is -2.45. The van der Waals surface area contributed by atoms with E-state index in [1.807, 2.05) is 18.7 Å². The molecule has 1 aliphatic heterocycles. The van der Waals surface area contributed by atoms with Crippen LogP contribution in [-0.2, 0) is 6.18 Å². The van der Waals surface area contributed by atoms with E-state index in [0.717, 1.165) is 25.6 Å². The number of hydrogen-bond donors (Lipinski definition) is 1. The van der Waals surface area contributed by atoms with Gasteiger partial charge in [-0.3, -0.25) is 4.90 Å². The Morgan fingerprint density at radius 2 is 1.69 bits per heavy atom. The molecular formula is C17H25Cl3F4N2. The number of rotatable bonds is 5. The molecule has 0 bridgehead atoms. The third-order valence-electron chi connectivity index (χ3n) is 4.35. The Balaban J connectivity index is 0.00000312. The van der Waals surface area contributed by atoms with Crippen molar-refractivity contribution < 1.29 is 17.6 Å². The van der Waals surface area contributed by atoms with E-state index >= 15 is 0 Å². The molecule has 0 saturated carbocycles. The lowest BCUT2D eigenvalue weighted by molar-refractivity contribution is -0.137. The van der Waals surface area contributed by atoms with Gasteiger partial charge in [0.25, 0.3) is 0 Å². The van der Waals surface area contributed by atoms with Crippen molar-refractivity contribution in [2.45, 2.75) is 38.9 Å². The van der Waals surface area contributed by atoms with Gasteiger partial charge in [0.15, 0.2) is 0 Å². The van der Waals surface area contributed by atoms with Gasteiger partial charge in [-0.2, -0.15) is 13.2 Å². The van der Waals surface area contributed by atoms with Gasteiger partial charge < -0.3 is 5.32 Å². The summed E-state index contributed by atoms with van der Waals surface area (Å²) in [6, 6.07) is 1.20. The molecule has 1 heterocycles. The van der Waals surface area contributed by atoms with Crippen LogP contribution in [0.2, 0.25) is 5.02 Å². The number of piperazine rings is 1. The van der Waals surface area contributed by atoms with Crippen molar-refractivity contribution >= 4 is 36.4 Å². The van der Waals surface area contributed by atoms with Crippen molar-refractivity contribution in [2.75, 3.05) is 26.2 Å². The highest BCUT2D eigenvalue weighted by molar-refractivity contribution is 6.30. The molecule has 0 amide bonds. The number of nitrogens with one attached hydrogen (secondary N) is 1. The summed E-state index contributed by atoms with van der Waals surface area (Å²) in [4.78, 5) is 2.05. The second-order valence-corrected chi connectivity index (χ2v) is 7.04. The van der Waals surface area contributed by atoms with Crippen LogP contribution >= 0.6 is 36.4 Å². The third-order valence-corrected chi connectivity index (χ3v) is 4.63. The Bertz CT molecular complexity index is 562. The summed E-state index contributed by atoms with van der Waals surface area (Å²) in [5.41, 5.74) is -0.842. The lowest BCUT2D eigenvalue weighted by atomic mass is 9.94. The minimum atomic E-state index is -4.54. The van der Waals surface area contributed by atoms with Crippen LogP contribution in [0.4, 0.5) is 17.6 Å². The van der Waals surface area contributed by atoms with Crippen LogP contribution in [0.1, 0.15) is 43.9 Å². The van der Waals surface area contributed by atoms with E-state index in [-0.39, 0.29) is 30.4 Å². The fourth-order valence-corrected chi connectivity index (χ4v) is 3.26. The first kappa shape index (κ1) is 25.7. The van der Waals surface area contributed by atoms with Gasteiger partial charge >= 0.3 is 6.18 Å². The van der Waals surface area contributed by atoms with E-state index in [1.54, 1.807) is 0 Å². The zero-order valence-electron chi connectivity index (χ0n) is 14.7. The lowest BCUT2D eigenvalue weighted by Gasteiger charge is -2.36. The molecule has 26 heavy (non-hydrogen) atoms. The quantitative estimate of drug-likeness (QED) is 0.590. The Morgan fingerprint density at radius 1 is 1.12 bits per heavy atom. The maximum absolute atomic E-state index is 14.6. The molecule has 9 heteroatoms. The molecule has 0 aromatic heterocycles. The summed E-state index contributed by atoms with van der Waals surface area (Å²) in [6.45, 7) is 6.93. The Labute approximate surface area is 169 Å². The van der Waals surface area contributed by atoms with Crippen molar-refractivity contribution in [1.29, 1.82) is 0 Å². The molecule has 1 saturated heterocycles. The fraction of sp³-hybridized carbons (Fsp3) is 0.647. The van der Waals surface area contributed by atoms with Crippen LogP contribution in [0.15, 0.2) is 12.1 Å². The molecule has 2 rings (SSSR count). The number of benzene rings is 1. The van der Waals surface area contributed by atoms with Crippen LogP contribution in [0, 0.1) is 11.7 Å². The first-order chi connectivity index (χ1) is 11.2. The van der Waals surface area contributed by atoms with E-state index in [2.05, 4.69) is 5.32 Å². The van der Waals surface area contributed by atoms with Gasteiger partial charge in [-0.25, -0.2) is 4.39 Å². The first-order valence-electron chi connectivity index (χ1n) is 8.21. The van der Waals surface area contributed by atoms with Crippen LogP contribution in [0.25, 0.3) is 0 Å². The van der Waals surface area contributed by atoms with Crippen molar-refractivity contribution in [3.8, 4) is 0 Å². The van der Waals surface area contributed by atoms with Crippen LogP contribution < -0.4 is 5.32 Å². The van der Waals surface area contributed by atoms with Gasteiger partial charge in [0.2, 0.25) is 0 Å². The fourth-order valence-electron chi connectivity index (χ4n) is 3.04. The van der Waals surface area contributed by atoms with Crippen LogP contribution in [0.5, 0.6) is 0 Å². The average Bonchev–Trinajstić information content (AvgIpc) is 2.51. The maximum Gasteiger partial charge on any atom is 0.416 e. The SMILES string of the molecule is CC(C)CC[C@H](c1cc(C(F)(F)F)cc(Cl)c1F)N1CCNCC1.Cl.Cl. The summed E-state index contributed by atoms with van der Waals surface area (Å²) < 4.78 is 53.8. The predicted octanol–water partition coefficient (Wildman–Crippen LogP) is 5.72. The van der Waals surface area contributed by atoms with Gasteiger partial charge in [0, 0.05) is 37.8 Å². The highest BCUT2D eigenvalue weighted by Crippen LogP contribution is 2.38. The summed E-state index contributed by atoms with van der Waals surface area (Å²) in [7, 11) is 0. The summed E-state index contributed by atoms with van der Waals surface area (Å²) in [5.74, 6) is -0.350. The molecule has 1 fully saturated rings. The molecule has 2 nitrogen and oxygen atoms in total. The standard InChI is InChI=1S/C17H23ClF4N2.2ClH/c1-11(2)3-4-15(24-7-5-23-6-8-24)13-9-12(17(20,21)22)10-14(18)16(13)19;;/h9-11,15,23H,3-8H2,1-2H3;2*1H/t15-;;/m1../s1. The molecule has 0 unspecified atom stereocenters. The van der Waals surface area contributed by atoms with Gasteiger partial charge in [0.1, 0.15) is 5.82 Å². The van der Waals surface area contributed by atoms with Crippen molar-refractivity contribution in [1.82, 2.24) is 10.2 Å². The smallest absolute Gasteiger partial charge is 0.314 e. The molecule has 1 atom stereocenters. The van der Waals surface area contributed by atoms with Crippen molar-refractivity contribution in [3.63, 3.8) is 0 Å². The third kappa shape index (κ3) is 6.71. The Hall–Kier alpha value is -0.270.